The molecule has 0 bridgehead atoms. The van der Waals surface area contributed by atoms with Crippen LogP contribution < -0.4 is 14.2 Å². The van der Waals surface area contributed by atoms with E-state index in [1.54, 1.807) is 32.2 Å². The van der Waals surface area contributed by atoms with Gasteiger partial charge in [-0.25, -0.2) is 5.10 Å². The first kappa shape index (κ1) is 18.7. The van der Waals surface area contributed by atoms with Gasteiger partial charge in [-0.15, -0.1) is 0 Å². The summed E-state index contributed by atoms with van der Waals surface area (Å²) in [5.74, 6) is 2.26. The van der Waals surface area contributed by atoms with E-state index in [0.717, 1.165) is 16.7 Å². The zero-order valence-electron chi connectivity index (χ0n) is 15.5. The number of H-pyrrole nitrogens is 1. The summed E-state index contributed by atoms with van der Waals surface area (Å²) < 4.78 is 18.1. The summed E-state index contributed by atoms with van der Waals surface area (Å²) >= 11 is 5.33. The molecule has 0 amide bonds. The van der Waals surface area contributed by atoms with Gasteiger partial charge in [-0.3, -0.25) is 0 Å². The molecule has 3 aromatic rings. The van der Waals surface area contributed by atoms with Crippen molar-refractivity contribution in [2.75, 3.05) is 21.3 Å². The zero-order chi connectivity index (χ0) is 19.4. The van der Waals surface area contributed by atoms with Crippen LogP contribution in [-0.2, 0) is 0 Å². The molecule has 0 fully saturated rings. The van der Waals surface area contributed by atoms with Crippen LogP contribution in [0, 0.1) is 11.7 Å². The summed E-state index contributed by atoms with van der Waals surface area (Å²) in [5.41, 5.74) is 2.80. The van der Waals surface area contributed by atoms with Gasteiger partial charge in [0.1, 0.15) is 0 Å². The Kier molecular flexibility index (Phi) is 5.56. The van der Waals surface area contributed by atoms with Crippen molar-refractivity contribution in [3.05, 3.63) is 52.3 Å². The van der Waals surface area contributed by atoms with E-state index in [4.69, 9.17) is 26.4 Å². The average Bonchev–Trinajstić information content (AvgIpc) is 3.06. The number of nitrogens with zero attached hydrogens (tertiary/aromatic N) is 3. The van der Waals surface area contributed by atoms with E-state index in [-0.39, 0.29) is 0 Å². The van der Waals surface area contributed by atoms with Gasteiger partial charge in [0.2, 0.25) is 10.5 Å². The second kappa shape index (κ2) is 8.05. The van der Waals surface area contributed by atoms with Gasteiger partial charge in [0.25, 0.3) is 0 Å². The summed E-state index contributed by atoms with van der Waals surface area (Å²) in [6, 6.07) is 11.5. The maximum Gasteiger partial charge on any atom is 0.216 e. The van der Waals surface area contributed by atoms with Crippen molar-refractivity contribution >= 4 is 18.4 Å². The summed E-state index contributed by atoms with van der Waals surface area (Å²) in [6.45, 7) is 2.01. The van der Waals surface area contributed by atoms with Crippen molar-refractivity contribution in [2.45, 2.75) is 6.92 Å². The van der Waals surface area contributed by atoms with Crippen LogP contribution in [-0.4, -0.2) is 42.4 Å². The molecule has 0 aliphatic rings. The molecule has 1 aromatic heterocycles. The average molecular weight is 384 g/mol. The number of rotatable bonds is 6. The quantitative estimate of drug-likeness (QED) is 0.517. The Balaban J connectivity index is 2.04. The Labute approximate surface area is 162 Å². The van der Waals surface area contributed by atoms with Crippen LogP contribution >= 0.6 is 12.2 Å². The lowest BCUT2D eigenvalue weighted by atomic mass is 10.1. The smallest absolute Gasteiger partial charge is 0.216 e. The number of aromatic amines is 1. The third kappa shape index (κ3) is 3.70. The minimum absolute atomic E-state index is 0.400. The van der Waals surface area contributed by atoms with Crippen molar-refractivity contribution in [1.82, 2.24) is 14.9 Å². The molecule has 0 aliphatic carbocycles. The fourth-order valence-electron chi connectivity index (χ4n) is 2.70. The normalized spacial score (nSPS) is 11.0. The Morgan fingerprint density at radius 2 is 1.74 bits per heavy atom. The third-order valence-corrected chi connectivity index (χ3v) is 4.31. The topological polar surface area (TPSA) is 73.7 Å². The van der Waals surface area contributed by atoms with Gasteiger partial charge >= 0.3 is 0 Å². The van der Waals surface area contributed by atoms with Crippen LogP contribution in [0.2, 0.25) is 0 Å². The molecule has 8 heteroatoms. The van der Waals surface area contributed by atoms with Gasteiger partial charge < -0.3 is 14.2 Å². The first-order chi connectivity index (χ1) is 13.1. The number of methoxy groups -OCH3 is 3. The SMILES string of the molecule is COc1cc(/C=N/n2c(-c3ccccc3C)n[nH]c2=S)cc(OC)c1OC. The van der Waals surface area contributed by atoms with Gasteiger partial charge in [0, 0.05) is 11.1 Å². The molecule has 140 valence electrons. The predicted molar refractivity (Wildman–Crippen MR) is 107 cm³/mol. The van der Waals surface area contributed by atoms with E-state index in [9.17, 15) is 0 Å². The number of hydrogen-bond acceptors (Lipinski definition) is 6. The molecule has 0 spiro atoms. The van der Waals surface area contributed by atoms with Crippen LogP contribution in [0.25, 0.3) is 11.4 Å². The van der Waals surface area contributed by atoms with Crippen LogP contribution in [0.3, 0.4) is 0 Å². The van der Waals surface area contributed by atoms with Gasteiger partial charge in [0.05, 0.1) is 27.5 Å². The van der Waals surface area contributed by atoms with E-state index in [1.807, 2.05) is 43.3 Å². The highest BCUT2D eigenvalue weighted by atomic mass is 32.1. The highest BCUT2D eigenvalue weighted by Gasteiger charge is 2.13. The summed E-state index contributed by atoms with van der Waals surface area (Å²) in [4.78, 5) is 0. The first-order valence-corrected chi connectivity index (χ1v) is 8.57. The molecular formula is C19H20N4O3S. The molecule has 27 heavy (non-hydrogen) atoms. The van der Waals surface area contributed by atoms with Gasteiger partial charge in [-0.1, -0.05) is 24.3 Å². The molecule has 0 radical (unpaired) electrons. The molecular weight excluding hydrogens is 364 g/mol. The standard InChI is InChI=1S/C19H20N4O3S/c1-12-7-5-6-8-14(12)18-21-22-19(27)23(18)20-11-13-9-15(24-2)17(26-4)16(10-13)25-3/h5-11H,1-4H3,(H,22,27)/b20-11+. The second-order valence-corrected chi connectivity index (χ2v) is 6.07. The molecule has 0 atom stereocenters. The summed E-state index contributed by atoms with van der Waals surface area (Å²) in [5, 5.41) is 11.6. The number of nitrogens with one attached hydrogen (secondary N) is 1. The lowest BCUT2D eigenvalue weighted by Gasteiger charge is -2.12. The summed E-state index contributed by atoms with van der Waals surface area (Å²) in [7, 11) is 4.70. The second-order valence-electron chi connectivity index (χ2n) is 5.68. The number of aromatic nitrogens is 3. The van der Waals surface area contributed by atoms with Gasteiger partial charge in [0.15, 0.2) is 17.3 Å². The van der Waals surface area contributed by atoms with Crippen LogP contribution in [0.1, 0.15) is 11.1 Å². The number of hydrogen-bond donors (Lipinski definition) is 1. The summed E-state index contributed by atoms with van der Waals surface area (Å²) in [6.07, 6.45) is 1.66. The minimum Gasteiger partial charge on any atom is -0.493 e. The van der Waals surface area contributed by atoms with Crippen LogP contribution in [0.15, 0.2) is 41.5 Å². The molecule has 0 saturated carbocycles. The minimum atomic E-state index is 0.400. The molecule has 1 heterocycles. The molecule has 0 saturated heterocycles. The number of ether oxygens (including phenoxy) is 3. The molecule has 1 N–H and O–H groups in total. The maximum absolute atomic E-state index is 5.38. The molecule has 2 aromatic carbocycles. The van der Waals surface area contributed by atoms with Crippen molar-refractivity contribution in [3.8, 4) is 28.6 Å². The predicted octanol–water partition coefficient (Wildman–Crippen LogP) is 3.82. The monoisotopic (exact) mass is 384 g/mol. The Morgan fingerprint density at radius 1 is 1.07 bits per heavy atom. The molecule has 3 rings (SSSR count). The highest BCUT2D eigenvalue weighted by Crippen LogP contribution is 2.37. The van der Waals surface area contributed by atoms with Crippen LogP contribution in [0.4, 0.5) is 0 Å². The van der Waals surface area contributed by atoms with E-state index in [2.05, 4.69) is 15.3 Å². The lowest BCUT2D eigenvalue weighted by Crippen LogP contribution is -1.99. The van der Waals surface area contributed by atoms with Gasteiger partial charge in [-0.2, -0.15) is 14.9 Å². The largest absolute Gasteiger partial charge is 0.493 e. The zero-order valence-corrected chi connectivity index (χ0v) is 16.3. The molecule has 7 nitrogen and oxygen atoms in total. The number of benzene rings is 2. The van der Waals surface area contributed by atoms with Crippen molar-refractivity contribution in [2.24, 2.45) is 5.10 Å². The van der Waals surface area contributed by atoms with Crippen LogP contribution in [0.5, 0.6) is 17.2 Å². The van der Waals surface area contributed by atoms with Gasteiger partial charge in [-0.05, 0) is 36.8 Å². The number of aryl methyl sites for hydroxylation is 1. The third-order valence-electron chi connectivity index (χ3n) is 4.05. The van der Waals surface area contributed by atoms with E-state index < -0.39 is 0 Å². The fraction of sp³-hybridized carbons (Fsp3) is 0.211. The van der Waals surface area contributed by atoms with Crippen molar-refractivity contribution in [1.29, 1.82) is 0 Å². The van der Waals surface area contributed by atoms with Crippen molar-refractivity contribution < 1.29 is 14.2 Å². The molecule has 0 aliphatic heterocycles. The Morgan fingerprint density at radius 3 is 2.33 bits per heavy atom. The maximum atomic E-state index is 5.38. The Hall–Kier alpha value is -3.13. The lowest BCUT2D eigenvalue weighted by molar-refractivity contribution is 0.324. The molecule has 0 unspecified atom stereocenters. The van der Waals surface area contributed by atoms with E-state index in [0.29, 0.717) is 27.8 Å². The fourth-order valence-corrected chi connectivity index (χ4v) is 2.88. The van der Waals surface area contributed by atoms with E-state index >= 15 is 0 Å². The Bertz CT molecular complexity index is 1010. The van der Waals surface area contributed by atoms with Crippen molar-refractivity contribution in [3.63, 3.8) is 0 Å². The highest BCUT2D eigenvalue weighted by molar-refractivity contribution is 7.71. The first-order valence-electron chi connectivity index (χ1n) is 8.16. The van der Waals surface area contributed by atoms with E-state index in [1.165, 1.54) is 0 Å².